The van der Waals surface area contributed by atoms with E-state index in [0.717, 1.165) is 24.9 Å². The highest BCUT2D eigenvalue weighted by atomic mass is 35.5. The third kappa shape index (κ3) is 5.13. The number of nitrogens with zero attached hydrogens (tertiary/aromatic N) is 1. The third-order valence-corrected chi connectivity index (χ3v) is 3.81. The van der Waals surface area contributed by atoms with E-state index in [0.29, 0.717) is 28.7 Å². The van der Waals surface area contributed by atoms with E-state index >= 15 is 0 Å². The number of rotatable bonds is 8. The molecule has 0 fully saturated rings. The van der Waals surface area contributed by atoms with E-state index in [1.165, 1.54) is 0 Å². The number of nitrogens with one attached hydrogen (secondary N) is 2. The molecular formula is C18H22ClN3O2. The Bertz CT molecular complexity index is 674. The highest BCUT2D eigenvalue weighted by Crippen LogP contribution is 2.28. The number of hydrogen-bond acceptors (Lipinski definition) is 4. The molecule has 0 atom stereocenters. The fraction of sp³-hybridized carbons (Fsp3) is 0.333. The van der Waals surface area contributed by atoms with Crippen molar-refractivity contribution in [3.63, 3.8) is 0 Å². The zero-order valence-electron chi connectivity index (χ0n) is 13.9. The molecule has 0 aliphatic carbocycles. The van der Waals surface area contributed by atoms with Crippen LogP contribution in [0.3, 0.4) is 0 Å². The van der Waals surface area contributed by atoms with Crippen LogP contribution in [0.25, 0.3) is 0 Å². The number of aromatic nitrogens is 1. The van der Waals surface area contributed by atoms with E-state index in [1.807, 2.05) is 6.07 Å². The SMILES string of the molecule is CCCCCNC(=O)c1ccc(Nc2ccc(OC)c(Cl)c2)nc1. The van der Waals surface area contributed by atoms with E-state index in [2.05, 4.69) is 22.5 Å². The molecule has 6 heteroatoms. The van der Waals surface area contributed by atoms with Gasteiger partial charge in [0.1, 0.15) is 11.6 Å². The smallest absolute Gasteiger partial charge is 0.252 e. The molecule has 0 bridgehead atoms. The first kappa shape index (κ1) is 18.1. The summed E-state index contributed by atoms with van der Waals surface area (Å²) >= 11 is 6.10. The zero-order valence-corrected chi connectivity index (χ0v) is 14.7. The van der Waals surface area contributed by atoms with Crippen LogP contribution >= 0.6 is 11.6 Å². The molecule has 1 heterocycles. The summed E-state index contributed by atoms with van der Waals surface area (Å²) in [6.07, 6.45) is 4.80. The molecule has 0 aliphatic heterocycles. The van der Waals surface area contributed by atoms with Gasteiger partial charge < -0.3 is 15.4 Å². The van der Waals surface area contributed by atoms with Crippen molar-refractivity contribution in [3.8, 4) is 5.75 Å². The average Bonchev–Trinajstić information content (AvgIpc) is 2.59. The Hall–Kier alpha value is -2.27. The van der Waals surface area contributed by atoms with Gasteiger partial charge in [-0.1, -0.05) is 31.4 Å². The summed E-state index contributed by atoms with van der Waals surface area (Å²) in [6, 6.07) is 8.90. The first-order valence-corrected chi connectivity index (χ1v) is 8.36. The van der Waals surface area contributed by atoms with Crippen LogP contribution in [0.2, 0.25) is 5.02 Å². The van der Waals surface area contributed by atoms with Crippen molar-refractivity contribution in [2.75, 3.05) is 19.0 Å². The van der Waals surface area contributed by atoms with Crippen molar-refractivity contribution in [2.45, 2.75) is 26.2 Å². The Balaban J connectivity index is 1.94. The maximum atomic E-state index is 12.0. The molecule has 128 valence electrons. The normalized spacial score (nSPS) is 10.3. The summed E-state index contributed by atoms with van der Waals surface area (Å²) in [5.41, 5.74) is 1.34. The predicted octanol–water partition coefficient (Wildman–Crippen LogP) is 4.41. The number of methoxy groups -OCH3 is 1. The van der Waals surface area contributed by atoms with Gasteiger partial charge in [-0.3, -0.25) is 4.79 Å². The van der Waals surface area contributed by atoms with Gasteiger partial charge in [0.15, 0.2) is 0 Å². The van der Waals surface area contributed by atoms with Gasteiger partial charge in [0.05, 0.1) is 17.7 Å². The number of pyridine rings is 1. The quantitative estimate of drug-likeness (QED) is 0.694. The lowest BCUT2D eigenvalue weighted by Gasteiger charge is -2.09. The number of unbranched alkanes of at least 4 members (excludes halogenated alkanes) is 2. The van der Waals surface area contributed by atoms with Crippen molar-refractivity contribution >= 4 is 29.0 Å². The summed E-state index contributed by atoms with van der Waals surface area (Å²) in [5.74, 6) is 1.15. The molecule has 2 rings (SSSR count). The summed E-state index contributed by atoms with van der Waals surface area (Å²) in [7, 11) is 1.57. The lowest BCUT2D eigenvalue weighted by molar-refractivity contribution is 0.0952. The summed E-state index contributed by atoms with van der Waals surface area (Å²) in [5, 5.41) is 6.55. The van der Waals surface area contributed by atoms with E-state index in [1.54, 1.807) is 37.6 Å². The van der Waals surface area contributed by atoms with Gasteiger partial charge in [0, 0.05) is 18.4 Å². The predicted molar refractivity (Wildman–Crippen MR) is 97.4 cm³/mol. The van der Waals surface area contributed by atoms with Crippen LogP contribution in [0.5, 0.6) is 5.75 Å². The van der Waals surface area contributed by atoms with Crippen LogP contribution in [0.15, 0.2) is 36.5 Å². The molecule has 2 aromatic rings. The van der Waals surface area contributed by atoms with Crippen molar-refractivity contribution in [2.24, 2.45) is 0 Å². The summed E-state index contributed by atoms with van der Waals surface area (Å²) < 4.78 is 5.12. The van der Waals surface area contributed by atoms with Crippen molar-refractivity contribution in [1.82, 2.24) is 10.3 Å². The van der Waals surface area contributed by atoms with Gasteiger partial charge in [-0.25, -0.2) is 4.98 Å². The molecule has 0 spiro atoms. The Kier molecular flexibility index (Phi) is 6.88. The van der Waals surface area contributed by atoms with Crippen LogP contribution in [-0.2, 0) is 0 Å². The highest BCUT2D eigenvalue weighted by Gasteiger charge is 2.06. The largest absolute Gasteiger partial charge is 0.495 e. The van der Waals surface area contributed by atoms with E-state index in [9.17, 15) is 4.79 Å². The molecular weight excluding hydrogens is 326 g/mol. The minimum atomic E-state index is -0.0994. The molecule has 0 unspecified atom stereocenters. The van der Waals surface area contributed by atoms with Crippen molar-refractivity contribution in [1.29, 1.82) is 0 Å². The Morgan fingerprint density at radius 3 is 2.71 bits per heavy atom. The fourth-order valence-electron chi connectivity index (χ4n) is 2.17. The number of amides is 1. The Morgan fingerprint density at radius 2 is 2.08 bits per heavy atom. The standard InChI is InChI=1S/C18H22ClN3O2/c1-3-4-5-10-20-18(23)13-6-9-17(21-12-13)22-14-7-8-16(24-2)15(19)11-14/h6-9,11-12H,3-5,10H2,1-2H3,(H,20,23)(H,21,22). The van der Waals surface area contributed by atoms with E-state index in [-0.39, 0.29) is 5.91 Å². The van der Waals surface area contributed by atoms with Gasteiger partial charge in [-0.05, 0) is 36.8 Å². The van der Waals surface area contributed by atoms with Crippen LogP contribution in [-0.4, -0.2) is 24.5 Å². The van der Waals surface area contributed by atoms with Gasteiger partial charge >= 0.3 is 0 Å². The molecule has 24 heavy (non-hydrogen) atoms. The fourth-order valence-corrected chi connectivity index (χ4v) is 2.43. The summed E-state index contributed by atoms with van der Waals surface area (Å²) in [4.78, 5) is 16.3. The van der Waals surface area contributed by atoms with Gasteiger partial charge in [0.2, 0.25) is 0 Å². The number of ether oxygens (including phenoxy) is 1. The van der Waals surface area contributed by atoms with Crippen LogP contribution in [0, 0.1) is 0 Å². The highest BCUT2D eigenvalue weighted by molar-refractivity contribution is 6.32. The molecule has 5 nitrogen and oxygen atoms in total. The van der Waals surface area contributed by atoms with E-state index in [4.69, 9.17) is 16.3 Å². The Labute approximate surface area is 147 Å². The number of carbonyl (C=O) groups excluding carboxylic acids is 1. The number of hydrogen-bond donors (Lipinski definition) is 2. The number of carbonyl (C=O) groups is 1. The molecule has 1 amide bonds. The minimum absolute atomic E-state index is 0.0994. The summed E-state index contributed by atoms with van der Waals surface area (Å²) in [6.45, 7) is 2.82. The Morgan fingerprint density at radius 1 is 1.25 bits per heavy atom. The van der Waals surface area contributed by atoms with Crippen LogP contribution < -0.4 is 15.4 Å². The van der Waals surface area contributed by atoms with Crippen LogP contribution in [0.1, 0.15) is 36.5 Å². The number of benzene rings is 1. The monoisotopic (exact) mass is 347 g/mol. The number of halogens is 1. The zero-order chi connectivity index (χ0) is 17.4. The molecule has 1 aromatic carbocycles. The molecule has 2 N–H and O–H groups in total. The first-order valence-electron chi connectivity index (χ1n) is 7.99. The lowest BCUT2D eigenvalue weighted by atomic mass is 10.2. The molecule has 0 radical (unpaired) electrons. The third-order valence-electron chi connectivity index (χ3n) is 3.52. The van der Waals surface area contributed by atoms with Gasteiger partial charge in [-0.15, -0.1) is 0 Å². The lowest BCUT2D eigenvalue weighted by Crippen LogP contribution is -2.24. The second kappa shape index (κ2) is 9.13. The minimum Gasteiger partial charge on any atom is -0.495 e. The van der Waals surface area contributed by atoms with Crippen molar-refractivity contribution in [3.05, 3.63) is 47.1 Å². The van der Waals surface area contributed by atoms with Crippen molar-refractivity contribution < 1.29 is 9.53 Å². The first-order chi connectivity index (χ1) is 11.6. The van der Waals surface area contributed by atoms with Crippen LogP contribution in [0.4, 0.5) is 11.5 Å². The van der Waals surface area contributed by atoms with E-state index < -0.39 is 0 Å². The van der Waals surface area contributed by atoms with Gasteiger partial charge in [0.25, 0.3) is 5.91 Å². The second-order valence-corrected chi connectivity index (χ2v) is 5.78. The van der Waals surface area contributed by atoms with Gasteiger partial charge in [-0.2, -0.15) is 0 Å². The number of anilines is 2. The average molecular weight is 348 g/mol. The second-order valence-electron chi connectivity index (χ2n) is 5.37. The molecule has 0 saturated heterocycles. The maximum absolute atomic E-state index is 12.0. The molecule has 0 saturated carbocycles. The molecule has 1 aromatic heterocycles. The topological polar surface area (TPSA) is 63.2 Å². The molecule has 0 aliphatic rings. The maximum Gasteiger partial charge on any atom is 0.252 e.